The average Bonchev–Trinajstić information content (AvgIpc) is 0.731. The SMILES string of the molecule is CC(C)C[Si](CC(C)C)(CC(C)C)[C-]([Si](CC(C)C)(CC(C)C)CC(C)C)[Si](CC(C)C)(CC(C)C)CC(C)C.CC(C)C[Si](CC(C)C)(CC(C)C)[C-]([Si](CC(C)C)(CC(C)C)CC(C)C)[Si](CC(C)C)(CC(C)C)CC(C)C.CC(C)C[Si](CC(C)C)(CC(C)C)[C-]([Si](CC(C)C)(CC(C)C)CC(C)C)[Si](CC(C)C)(CC(C)C)CC(C)C.[Cr+3]. The molecule has 0 aromatic heterocycles. The first kappa shape index (κ1) is 130. The molecule has 0 atom stereocenters. The molecule has 10 heteroatoms. The zero-order valence-corrected chi connectivity index (χ0v) is 105. The summed E-state index contributed by atoms with van der Waals surface area (Å²) in [5.74, 6) is 21.9. The normalized spacial score (nSPS) is 14.3. The molecule has 0 aromatic rings. The molecule has 0 aliphatic heterocycles. The fourth-order valence-electron chi connectivity index (χ4n) is 31.2. The molecule has 121 heavy (non-hydrogen) atoms. The summed E-state index contributed by atoms with van der Waals surface area (Å²) in [6, 6.07) is 42.1. The Balaban J connectivity index is -0.000000845. The maximum atomic E-state index is 2.59. The van der Waals surface area contributed by atoms with Crippen molar-refractivity contribution >= 4 is 72.7 Å². The minimum absolute atomic E-state index is 0. The Morgan fingerprint density at radius 2 is 0.124 bits per heavy atom. The van der Waals surface area contributed by atoms with Gasteiger partial charge in [-0.1, -0.05) is 770 Å². The smallest absolute Gasteiger partial charge is 0.309 e. The van der Waals surface area contributed by atoms with Gasteiger partial charge in [0.25, 0.3) is 0 Å². The molecule has 0 bridgehead atoms. The Morgan fingerprint density at radius 1 is 0.0909 bits per heavy atom. The van der Waals surface area contributed by atoms with Crippen molar-refractivity contribution < 1.29 is 17.4 Å². The molecule has 0 heterocycles. The van der Waals surface area contributed by atoms with Crippen LogP contribution >= 0.6 is 0 Å². The van der Waals surface area contributed by atoms with Gasteiger partial charge in [0.15, 0.2) is 0 Å². The van der Waals surface area contributed by atoms with Crippen molar-refractivity contribution in [3.8, 4) is 0 Å². The van der Waals surface area contributed by atoms with E-state index in [-0.39, 0.29) is 17.4 Å². The van der Waals surface area contributed by atoms with Gasteiger partial charge in [-0.25, -0.2) is 0 Å². The molecule has 0 aromatic carbocycles. The molecule has 0 aliphatic rings. The van der Waals surface area contributed by atoms with Gasteiger partial charge in [0.2, 0.25) is 0 Å². The minimum atomic E-state index is -1.75. The number of hydrogen-bond acceptors (Lipinski definition) is 0. The van der Waals surface area contributed by atoms with E-state index in [1.165, 1.54) is 0 Å². The van der Waals surface area contributed by atoms with E-state index in [2.05, 4.69) is 388 Å². The van der Waals surface area contributed by atoms with Gasteiger partial charge in [0.1, 0.15) is 0 Å². The van der Waals surface area contributed by atoms with Crippen LogP contribution in [0.5, 0.6) is 0 Å². The molecule has 1 radical (unpaired) electrons. The van der Waals surface area contributed by atoms with E-state index >= 15 is 0 Å². The predicted molar refractivity (Wildman–Crippen MR) is 592 cm³/mol. The van der Waals surface area contributed by atoms with Crippen LogP contribution in [0.1, 0.15) is 374 Å². The molecule has 0 N–H and O–H groups in total. The van der Waals surface area contributed by atoms with Crippen LogP contribution in [0, 0.1) is 174 Å². The minimum Gasteiger partial charge on any atom is -0.309 e. The molecule has 0 aliphatic carbocycles. The Hall–Kier alpha value is 2.48. The Kier molecular flexibility index (Phi) is 64.4. The molecule has 0 unspecified atom stereocenters. The van der Waals surface area contributed by atoms with Crippen molar-refractivity contribution in [1.29, 1.82) is 0 Å². The van der Waals surface area contributed by atoms with E-state index < -0.39 is 72.7 Å². The van der Waals surface area contributed by atoms with Gasteiger partial charge in [0, 0.05) is 0 Å². The molecular formula is C111H243CrSi9. The first-order valence-electron chi connectivity index (χ1n) is 54.0. The van der Waals surface area contributed by atoms with Gasteiger partial charge in [-0.15, -0.1) is 0 Å². The van der Waals surface area contributed by atoms with Gasteiger partial charge >= 0.3 is 17.4 Å². The topological polar surface area (TPSA) is 0 Å². The quantitative estimate of drug-likeness (QED) is 0.0421. The monoisotopic (exact) mass is 1880 g/mol. The van der Waals surface area contributed by atoms with Crippen LogP contribution < -0.4 is 0 Å². The first-order chi connectivity index (χ1) is 54.3. The Morgan fingerprint density at radius 3 is 0.149 bits per heavy atom. The zero-order chi connectivity index (χ0) is 94.9. The average molecular weight is 1880 g/mol. The largest absolute Gasteiger partial charge is 3.00 e. The second kappa shape index (κ2) is 60.1. The van der Waals surface area contributed by atoms with Crippen molar-refractivity contribution in [1.82, 2.24) is 0 Å². The summed E-state index contributed by atoms with van der Waals surface area (Å²) >= 11 is 0. The van der Waals surface area contributed by atoms with Crippen molar-refractivity contribution in [3.63, 3.8) is 0 Å². The van der Waals surface area contributed by atoms with Gasteiger partial charge < -0.3 is 14.4 Å². The third kappa shape index (κ3) is 48.5. The summed E-state index contributed by atoms with van der Waals surface area (Å²) in [5.41, 5.74) is 0. The van der Waals surface area contributed by atoms with Crippen LogP contribution in [0.25, 0.3) is 0 Å². The molecular weight excluding hydrogens is 1640 g/mol. The third-order valence-electron chi connectivity index (χ3n) is 26.3. The predicted octanol–water partition coefficient (Wildman–Crippen LogP) is 40.3. The van der Waals surface area contributed by atoms with Crippen molar-refractivity contribution in [2.24, 2.45) is 160 Å². The fourth-order valence-corrected chi connectivity index (χ4v) is 140. The zero-order valence-electron chi connectivity index (χ0n) is 95.1. The fraction of sp³-hybridized carbons (Fsp3) is 0.973. The molecule has 0 amide bonds. The van der Waals surface area contributed by atoms with Crippen LogP contribution in [-0.4, -0.2) is 72.7 Å². The van der Waals surface area contributed by atoms with E-state index in [1.807, 2.05) is 0 Å². The maximum Gasteiger partial charge on any atom is 3.00 e. The van der Waals surface area contributed by atoms with E-state index in [4.69, 9.17) is 0 Å². The second-order valence-corrected chi connectivity index (χ2v) is 98.9. The first-order valence-corrected chi connectivity index (χ1v) is 77.6. The van der Waals surface area contributed by atoms with Gasteiger partial charge in [0.05, 0.1) is 0 Å². The third-order valence-corrected chi connectivity index (χ3v) is 108. The Bertz CT molecular complexity index is 1740. The van der Waals surface area contributed by atoms with Gasteiger partial charge in [-0.3, -0.25) is 0 Å². The van der Waals surface area contributed by atoms with E-state index in [0.717, 1.165) is 160 Å². The standard InChI is InChI=1S/3C37H81Si3.Cr/c3*1-28(2)19-38(20-29(3)4,21-30(5)6)37(39(22-31(7)8,23-32(9)10)24-33(11)12)40(25-34(13)14,26-35(15)16)27-36(17)18;/h3*28-36H,19-27H2,1-18H3;/q3*-1;+3. The van der Waals surface area contributed by atoms with E-state index in [9.17, 15) is 0 Å². The molecule has 0 fully saturated rings. The summed E-state index contributed by atoms with van der Waals surface area (Å²) in [4.78, 5) is 7.53. The summed E-state index contributed by atoms with van der Waals surface area (Å²) < 4.78 is 0. The number of rotatable bonds is 63. The van der Waals surface area contributed by atoms with Gasteiger partial charge in [-0.05, 0) is 0 Å². The van der Waals surface area contributed by atoms with Crippen LogP contribution in [-0.2, 0) is 17.4 Å². The summed E-state index contributed by atoms with van der Waals surface area (Å²) in [6.45, 7) is 140. The Labute approximate surface area is 794 Å². The molecule has 0 saturated heterocycles. The number of hydrogen-bond donors (Lipinski definition) is 0. The molecule has 0 nitrogen and oxygen atoms in total. The van der Waals surface area contributed by atoms with Crippen molar-refractivity contribution in [2.45, 2.75) is 537 Å². The van der Waals surface area contributed by atoms with E-state index in [1.54, 1.807) is 163 Å². The van der Waals surface area contributed by atoms with Crippen LogP contribution in [0.3, 0.4) is 0 Å². The maximum absolute atomic E-state index is 2.59. The summed E-state index contributed by atoms with van der Waals surface area (Å²) in [5, 5.41) is 0. The molecule has 0 rings (SSSR count). The van der Waals surface area contributed by atoms with Gasteiger partial charge in [-0.2, -0.15) is 0 Å². The molecule has 0 spiro atoms. The van der Waals surface area contributed by atoms with Crippen molar-refractivity contribution in [2.75, 3.05) is 0 Å². The van der Waals surface area contributed by atoms with Crippen molar-refractivity contribution in [3.05, 3.63) is 14.4 Å². The van der Waals surface area contributed by atoms with E-state index in [0.29, 0.717) is 0 Å². The second-order valence-electron chi connectivity index (χ2n) is 55.8. The summed E-state index contributed by atoms with van der Waals surface area (Å²) in [7, 11) is -15.7. The van der Waals surface area contributed by atoms with Crippen LogP contribution in [0.15, 0.2) is 0 Å². The molecule has 729 valence electrons. The molecule has 0 saturated carbocycles. The van der Waals surface area contributed by atoms with Crippen LogP contribution in [0.4, 0.5) is 0 Å². The summed E-state index contributed by atoms with van der Waals surface area (Å²) in [6.07, 6.45) is 0. The van der Waals surface area contributed by atoms with Crippen LogP contribution in [0.2, 0.25) is 163 Å².